The Morgan fingerprint density at radius 3 is 2.13 bits per heavy atom. The van der Waals surface area contributed by atoms with Crippen LogP contribution in [0.4, 0.5) is 0 Å². The monoisotopic (exact) mass is 543 g/mol. The Morgan fingerprint density at radius 2 is 1.49 bits per heavy atom. The molecule has 0 N–H and O–H groups in total. The Bertz CT molecular complexity index is 1710. The van der Waals surface area contributed by atoms with Crippen LogP contribution >= 0.6 is 0 Å². The van der Waals surface area contributed by atoms with Gasteiger partial charge in [0, 0.05) is 24.2 Å². The van der Waals surface area contributed by atoms with Crippen LogP contribution in [-0.2, 0) is 27.8 Å². The Kier molecular flexibility index (Phi) is 6.99. The van der Waals surface area contributed by atoms with E-state index in [1.807, 2.05) is 71.0 Å². The van der Waals surface area contributed by atoms with Crippen LogP contribution in [-0.4, -0.2) is 31.9 Å². The third kappa shape index (κ3) is 4.60. The van der Waals surface area contributed by atoms with E-state index < -0.39 is 16.0 Å². The van der Waals surface area contributed by atoms with Crippen molar-refractivity contribution in [3.05, 3.63) is 94.0 Å². The van der Waals surface area contributed by atoms with Crippen molar-refractivity contribution in [2.45, 2.75) is 58.7 Å². The van der Waals surface area contributed by atoms with E-state index >= 15 is 0 Å². The smallest absolute Gasteiger partial charge is 0.339 e. The zero-order chi connectivity index (χ0) is 28.1. The number of sulfonamides is 1. The van der Waals surface area contributed by atoms with Gasteiger partial charge in [-0.2, -0.15) is 4.31 Å². The molecule has 1 aliphatic heterocycles. The van der Waals surface area contributed by atoms with Crippen molar-refractivity contribution in [2.75, 3.05) is 7.11 Å². The van der Waals surface area contributed by atoms with Gasteiger partial charge in [0.05, 0.1) is 23.7 Å². The molecule has 0 saturated heterocycles. The van der Waals surface area contributed by atoms with E-state index in [0.717, 1.165) is 49.7 Å². The molecule has 4 aromatic carbocycles. The van der Waals surface area contributed by atoms with Gasteiger partial charge in [0.1, 0.15) is 5.75 Å². The molecule has 0 spiro atoms. The molecule has 0 bridgehead atoms. The lowest BCUT2D eigenvalue weighted by molar-refractivity contribution is 0.0377. The summed E-state index contributed by atoms with van der Waals surface area (Å²) in [7, 11) is -2.13. The minimum absolute atomic E-state index is 0.188. The number of methoxy groups -OCH3 is 1. The zero-order valence-corrected chi connectivity index (χ0v) is 24.0. The average molecular weight is 544 g/mol. The Labute approximate surface area is 230 Å². The highest BCUT2D eigenvalue weighted by Crippen LogP contribution is 2.46. The summed E-state index contributed by atoms with van der Waals surface area (Å²) in [5, 5.41) is 1.96. The van der Waals surface area contributed by atoms with Crippen molar-refractivity contribution in [3.63, 3.8) is 0 Å². The summed E-state index contributed by atoms with van der Waals surface area (Å²) in [6, 6.07) is 18.8. The fourth-order valence-electron chi connectivity index (χ4n) is 5.52. The summed E-state index contributed by atoms with van der Waals surface area (Å²) in [5.74, 6) is 0.204. The molecule has 0 aliphatic carbocycles. The number of hydrogen-bond donors (Lipinski definition) is 0. The highest BCUT2D eigenvalue weighted by Gasteiger charge is 2.36. The maximum absolute atomic E-state index is 13.7. The largest absolute Gasteiger partial charge is 0.496 e. The molecular weight excluding hydrogens is 510 g/mol. The number of nitrogens with zero attached hydrogens (tertiary/aromatic N) is 1. The SMILES string of the molecule is COc1ccc2ccccc2c1-c1c(C)c2c(c(C)c1C(=O)OC(C)C)CN(S(=O)(=O)c1ccc(C)cc1)C2. The molecule has 1 heterocycles. The van der Waals surface area contributed by atoms with Crippen LogP contribution in [0, 0.1) is 20.8 Å². The van der Waals surface area contributed by atoms with E-state index in [2.05, 4.69) is 0 Å². The van der Waals surface area contributed by atoms with E-state index in [9.17, 15) is 13.2 Å². The number of aryl methyl sites for hydroxylation is 1. The van der Waals surface area contributed by atoms with Crippen molar-refractivity contribution in [3.8, 4) is 16.9 Å². The summed E-state index contributed by atoms with van der Waals surface area (Å²) in [6.07, 6.45) is -0.314. The molecule has 0 aromatic heterocycles. The molecule has 0 unspecified atom stereocenters. The van der Waals surface area contributed by atoms with E-state index in [1.165, 1.54) is 4.31 Å². The highest BCUT2D eigenvalue weighted by molar-refractivity contribution is 7.89. The van der Waals surface area contributed by atoms with Gasteiger partial charge >= 0.3 is 5.97 Å². The van der Waals surface area contributed by atoms with Crippen LogP contribution in [0.2, 0.25) is 0 Å². The van der Waals surface area contributed by atoms with Crippen molar-refractivity contribution in [1.82, 2.24) is 4.31 Å². The highest BCUT2D eigenvalue weighted by atomic mass is 32.2. The number of rotatable bonds is 6. The fraction of sp³-hybridized carbons (Fsp3) is 0.281. The number of benzene rings is 4. The molecular formula is C32H33NO5S. The lowest BCUT2D eigenvalue weighted by Gasteiger charge is -2.23. The van der Waals surface area contributed by atoms with Gasteiger partial charge < -0.3 is 9.47 Å². The fourth-order valence-corrected chi connectivity index (χ4v) is 6.89. The van der Waals surface area contributed by atoms with Crippen LogP contribution in [0.3, 0.4) is 0 Å². The summed E-state index contributed by atoms with van der Waals surface area (Å²) in [4.78, 5) is 14.0. The van der Waals surface area contributed by atoms with Crippen LogP contribution in [0.1, 0.15) is 52.0 Å². The number of hydrogen-bond acceptors (Lipinski definition) is 5. The van der Waals surface area contributed by atoms with Crippen molar-refractivity contribution >= 4 is 26.8 Å². The van der Waals surface area contributed by atoms with E-state index in [1.54, 1.807) is 31.4 Å². The predicted molar refractivity (Wildman–Crippen MR) is 154 cm³/mol. The van der Waals surface area contributed by atoms with Crippen LogP contribution < -0.4 is 4.74 Å². The molecule has 0 amide bonds. The maximum atomic E-state index is 13.7. The number of fused-ring (bicyclic) bond motifs is 2. The van der Waals surface area contributed by atoms with Gasteiger partial charge in [-0.3, -0.25) is 0 Å². The van der Waals surface area contributed by atoms with Gasteiger partial charge in [-0.1, -0.05) is 48.0 Å². The van der Waals surface area contributed by atoms with Crippen LogP contribution in [0.5, 0.6) is 5.75 Å². The number of carbonyl (C=O) groups is 1. The molecule has 0 radical (unpaired) electrons. The third-order valence-corrected chi connectivity index (χ3v) is 9.31. The van der Waals surface area contributed by atoms with Crippen LogP contribution in [0.15, 0.2) is 65.6 Å². The normalized spacial score (nSPS) is 13.6. The molecule has 1 aliphatic rings. The second-order valence-corrected chi connectivity index (χ2v) is 12.3. The second kappa shape index (κ2) is 10.1. The van der Waals surface area contributed by atoms with Gasteiger partial charge in [0.15, 0.2) is 0 Å². The first kappa shape index (κ1) is 26.9. The zero-order valence-electron chi connectivity index (χ0n) is 23.2. The lowest BCUT2D eigenvalue weighted by Crippen LogP contribution is -2.25. The maximum Gasteiger partial charge on any atom is 0.339 e. The van der Waals surface area contributed by atoms with Gasteiger partial charge in [-0.25, -0.2) is 13.2 Å². The van der Waals surface area contributed by atoms with Gasteiger partial charge in [-0.15, -0.1) is 0 Å². The van der Waals surface area contributed by atoms with Gasteiger partial charge in [-0.05, 0) is 85.8 Å². The summed E-state index contributed by atoms with van der Waals surface area (Å²) in [6.45, 7) is 9.82. The third-order valence-electron chi connectivity index (χ3n) is 7.50. The second-order valence-electron chi connectivity index (χ2n) is 10.4. The molecule has 39 heavy (non-hydrogen) atoms. The van der Waals surface area contributed by atoms with E-state index in [4.69, 9.17) is 9.47 Å². The summed E-state index contributed by atoms with van der Waals surface area (Å²) >= 11 is 0. The quantitative estimate of drug-likeness (QED) is 0.253. The number of ether oxygens (including phenoxy) is 2. The van der Waals surface area contributed by atoms with Gasteiger partial charge in [0.25, 0.3) is 0 Å². The molecule has 0 atom stereocenters. The molecule has 6 nitrogen and oxygen atoms in total. The average Bonchev–Trinajstić information content (AvgIpc) is 3.37. The Morgan fingerprint density at radius 1 is 0.846 bits per heavy atom. The number of esters is 1. The Hall–Kier alpha value is -3.68. The minimum atomic E-state index is -3.74. The molecule has 7 heteroatoms. The topological polar surface area (TPSA) is 72.9 Å². The lowest BCUT2D eigenvalue weighted by atomic mass is 9.83. The molecule has 0 saturated carbocycles. The van der Waals surface area contributed by atoms with Crippen molar-refractivity contribution < 1.29 is 22.7 Å². The minimum Gasteiger partial charge on any atom is -0.496 e. The molecule has 202 valence electrons. The standard InChI is InChI=1S/C32H33NO5S/c1-19(2)38-32(34)30-22(5)27-18-33(39(35,36)24-14-11-20(3)12-15-24)17-26(27)21(4)29(30)31-25-10-8-7-9-23(25)13-16-28(31)37-6/h7-16,19H,17-18H2,1-6H3. The summed E-state index contributed by atoms with van der Waals surface area (Å²) in [5.41, 5.74) is 6.30. The first-order chi connectivity index (χ1) is 18.5. The van der Waals surface area contributed by atoms with E-state index in [0.29, 0.717) is 11.3 Å². The van der Waals surface area contributed by atoms with E-state index in [-0.39, 0.29) is 24.1 Å². The number of carbonyl (C=O) groups excluding carboxylic acids is 1. The van der Waals surface area contributed by atoms with Crippen LogP contribution in [0.25, 0.3) is 21.9 Å². The molecule has 5 rings (SSSR count). The Balaban J connectivity index is 1.76. The predicted octanol–water partition coefficient (Wildman–Crippen LogP) is 6.71. The van der Waals surface area contributed by atoms with Crippen molar-refractivity contribution in [1.29, 1.82) is 0 Å². The summed E-state index contributed by atoms with van der Waals surface area (Å²) < 4.78 is 40.3. The molecule has 4 aromatic rings. The first-order valence-electron chi connectivity index (χ1n) is 13.0. The van der Waals surface area contributed by atoms with Crippen molar-refractivity contribution in [2.24, 2.45) is 0 Å². The van der Waals surface area contributed by atoms with Gasteiger partial charge in [0.2, 0.25) is 10.0 Å². The molecule has 0 fully saturated rings. The first-order valence-corrected chi connectivity index (χ1v) is 14.5.